The summed E-state index contributed by atoms with van der Waals surface area (Å²) >= 11 is 0. The summed E-state index contributed by atoms with van der Waals surface area (Å²) in [6, 6.07) is 10.4. The van der Waals surface area contributed by atoms with Gasteiger partial charge in [-0.25, -0.2) is 12.7 Å². The average Bonchev–Trinajstić information content (AvgIpc) is 3.35. The molecule has 0 atom stereocenters. The highest BCUT2D eigenvalue weighted by molar-refractivity contribution is 7.89. The summed E-state index contributed by atoms with van der Waals surface area (Å²) in [4.78, 5) is 15.0. The molecule has 1 aromatic heterocycles. The molecule has 1 fully saturated rings. The molecule has 1 saturated carbocycles. The second-order valence-electron chi connectivity index (χ2n) is 6.59. The fraction of sp³-hybridized carbons (Fsp3) is 0.389. The Bertz CT molecular complexity index is 865. The molecule has 25 heavy (non-hydrogen) atoms. The van der Waals surface area contributed by atoms with Gasteiger partial charge < -0.3 is 9.47 Å². The van der Waals surface area contributed by atoms with Crippen molar-refractivity contribution in [2.75, 3.05) is 14.1 Å². The maximum absolute atomic E-state index is 12.9. The number of sulfonamides is 1. The van der Waals surface area contributed by atoms with E-state index in [1.807, 2.05) is 34.8 Å². The largest absolute Gasteiger partial charge is 0.353 e. The van der Waals surface area contributed by atoms with Gasteiger partial charge in [-0.2, -0.15) is 0 Å². The number of benzene rings is 1. The zero-order chi connectivity index (χ0) is 18.2. The third-order valence-electron chi connectivity index (χ3n) is 4.51. The van der Waals surface area contributed by atoms with Crippen molar-refractivity contribution in [3.63, 3.8) is 0 Å². The Balaban J connectivity index is 1.82. The summed E-state index contributed by atoms with van der Waals surface area (Å²) in [5.41, 5.74) is 1.59. The van der Waals surface area contributed by atoms with Crippen LogP contribution in [0.15, 0.2) is 47.5 Å². The van der Waals surface area contributed by atoms with Gasteiger partial charge in [0.1, 0.15) is 0 Å². The Labute approximate surface area is 148 Å². The van der Waals surface area contributed by atoms with Crippen LogP contribution in [0.2, 0.25) is 0 Å². The van der Waals surface area contributed by atoms with E-state index in [9.17, 15) is 13.2 Å². The number of amides is 1. The first-order valence-corrected chi connectivity index (χ1v) is 9.68. The van der Waals surface area contributed by atoms with Gasteiger partial charge in [0.2, 0.25) is 10.0 Å². The highest BCUT2D eigenvalue weighted by Gasteiger charge is 2.33. The molecule has 2 aromatic rings. The van der Waals surface area contributed by atoms with Crippen molar-refractivity contribution < 1.29 is 13.2 Å². The molecule has 134 valence electrons. The summed E-state index contributed by atoms with van der Waals surface area (Å²) in [5, 5.41) is 0. The molecule has 6 nitrogen and oxygen atoms in total. The van der Waals surface area contributed by atoms with Gasteiger partial charge in [-0.05, 0) is 49.2 Å². The standard InChI is InChI=1S/C18H23N3O3S/c1-19(2)25(23,24)17-10-6-14(7-11-17)18(22)21(15-8-9-15)13-16-5-4-12-20(16)3/h4-7,10-12,15H,8-9,13H2,1-3H3. The normalized spacial score (nSPS) is 14.7. The Morgan fingerprint density at radius 1 is 1.16 bits per heavy atom. The number of aryl methyl sites for hydroxylation is 1. The van der Waals surface area contributed by atoms with E-state index in [0.29, 0.717) is 12.1 Å². The number of nitrogens with zero attached hydrogens (tertiary/aromatic N) is 3. The molecule has 1 heterocycles. The number of aromatic nitrogens is 1. The Morgan fingerprint density at radius 3 is 2.28 bits per heavy atom. The zero-order valence-corrected chi connectivity index (χ0v) is 15.5. The maximum Gasteiger partial charge on any atom is 0.254 e. The molecular weight excluding hydrogens is 338 g/mol. The van der Waals surface area contributed by atoms with Gasteiger partial charge in [-0.1, -0.05) is 0 Å². The summed E-state index contributed by atoms with van der Waals surface area (Å²) < 4.78 is 27.5. The number of carbonyl (C=O) groups is 1. The van der Waals surface area contributed by atoms with Crippen molar-refractivity contribution in [2.45, 2.75) is 30.3 Å². The lowest BCUT2D eigenvalue weighted by Gasteiger charge is -2.23. The van der Waals surface area contributed by atoms with Crippen molar-refractivity contribution in [2.24, 2.45) is 7.05 Å². The second kappa shape index (κ2) is 6.65. The third-order valence-corrected chi connectivity index (χ3v) is 6.34. The lowest BCUT2D eigenvalue weighted by atomic mass is 10.2. The van der Waals surface area contributed by atoms with Crippen LogP contribution in [0.5, 0.6) is 0 Å². The van der Waals surface area contributed by atoms with E-state index in [-0.39, 0.29) is 16.8 Å². The van der Waals surface area contributed by atoms with Gasteiger partial charge >= 0.3 is 0 Å². The molecule has 1 aliphatic rings. The fourth-order valence-electron chi connectivity index (χ4n) is 2.73. The molecule has 1 aromatic carbocycles. The lowest BCUT2D eigenvalue weighted by Crippen LogP contribution is -2.33. The molecular formula is C18H23N3O3S. The highest BCUT2D eigenvalue weighted by Crippen LogP contribution is 2.30. The third kappa shape index (κ3) is 3.62. The van der Waals surface area contributed by atoms with E-state index in [1.165, 1.54) is 26.2 Å². The molecule has 3 rings (SSSR count). The minimum Gasteiger partial charge on any atom is -0.353 e. The van der Waals surface area contributed by atoms with Crippen molar-refractivity contribution in [1.82, 2.24) is 13.8 Å². The van der Waals surface area contributed by atoms with Gasteiger partial charge in [0, 0.05) is 44.6 Å². The predicted molar refractivity (Wildman–Crippen MR) is 95.6 cm³/mol. The van der Waals surface area contributed by atoms with Crippen LogP contribution in [0.1, 0.15) is 28.9 Å². The Kier molecular flexibility index (Phi) is 4.71. The molecule has 0 unspecified atom stereocenters. The Hall–Kier alpha value is -2.12. The monoisotopic (exact) mass is 361 g/mol. The SMILES string of the molecule is CN(C)S(=O)(=O)c1ccc(C(=O)N(Cc2cccn2C)C2CC2)cc1. The van der Waals surface area contributed by atoms with E-state index in [2.05, 4.69) is 0 Å². The summed E-state index contributed by atoms with van der Waals surface area (Å²) in [6.07, 6.45) is 4.00. The first kappa shape index (κ1) is 17.7. The van der Waals surface area contributed by atoms with Gasteiger partial charge in [-0.15, -0.1) is 0 Å². The molecule has 1 aliphatic carbocycles. The number of hydrogen-bond acceptors (Lipinski definition) is 3. The van der Waals surface area contributed by atoms with E-state index in [0.717, 1.165) is 22.8 Å². The van der Waals surface area contributed by atoms with Gasteiger partial charge in [0.15, 0.2) is 0 Å². The van der Waals surface area contributed by atoms with Crippen LogP contribution < -0.4 is 0 Å². The molecule has 0 N–H and O–H groups in total. The molecule has 7 heteroatoms. The first-order chi connectivity index (χ1) is 11.8. The van der Waals surface area contributed by atoms with Crippen molar-refractivity contribution in [3.8, 4) is 0 Å². The van der Waals surface area contributed by atoms with Crippen molar-refractivity contribution in [3.05, 3.63) is 53.9 Å². The summed E-state index contributed by atoms with van der Waals surface area (Å²) in [5.74, 6) is -0.0579. The number of hydrogen-bond donors (Lipinski definition) is 0. The van der Waals surface area contributed by atoms with Crippen molar-refractivity contribution in [1.29, 1.82) is 0 Å². The van der Waals surface area contributed by atoms with Crippen LogP contribution >= 0.6 is 0 Å². The van der Waals surface area contributed by atoms with E-state index in [1.54, 1.807) is 12.1 Å². The van der Waals surface area contributed by atoms with Crippen LogP contribution in [-0.4, -0.2) is 48.2 Å². The first-order valence-electron chi connectivity index (χ1n) is 8.24. The topological polar surface area (TPSA) is 62.6 Å². The predicted octanol–water partition coefficient (Wildman–Crippen LogP) is 2.08. The fourth-order valence-corrected chi connectivity index (χ4v) is 3.64. The molecule has 1 amide bonds. The summed E-state index contributed by atoms with van der Waals surface area (Å²) in [7, 11) is 1.46. The van der Waals surface area contributed by atoms with Gasteiger partial charge in [-0.3, -0.25) is 4.79 Å². The van der Waals surface area contributed by atoms with Crippen LogP contribution in [0.4, 0.5) is 0 Å². The lowest BCUT2D eigenvalue weighted by molar-refractivity contribution is 0.0726. The molecule has 0 bridgehead atoms. The quantitative estimate of drug-likeness (QED) is 0.791. The van der Waals surface area contributed by atoms with Crippen LogP contribution in [0.25, 0.3) is 0 Å². The van der Waals surface area contributed by atoms with Crippen molar-refractivity contribution >= 4 is 15.9 Å². The molecule has 0 spiro atoms. The van der Waals surface area contributed by atoms with E-state index < -0.39 is 10.0 Å². The van der Waals surface area contributed by atoms with Crippen LogP contribution in [-0.2, 0) is 23.6 Å². The summed E-state index contributed by atoms with van der Waals surface area (Å²) in [6.45, 7) is 0.560. The zero-order valence-electron chi connectivity index (χ0n) is 14.7. The number of carbonyl (C=O) groups excluding carboxylic acids is 1. The van der Waals surface area contributed by atoms with E-state index in [4.69, 9.17) is 0 Å². The van der Waals surface area contributed by atoms with Gasteiger partial charge in [0.05, 0.1) is 11.4 Å². The number of rotatable bonds is 6. The van der Waals surface area contributed by atoms with Gasteiger partial charge in [0.25, 0.3) is 5.91 Å². The highest BCUT2D eigenvalue weighted by atomic mass is 32.2. The molecule has 0 saturated heterocycles. The van der Waals surface area contributed by atoms with Crippen LogP contribution in [0, 0.1) is 0 Å². The van der Waals surface area contributed by atoms with Crippen LogP contribution in [0.3, 0.4) is 0 Å². The second-order valence-corrected chi connectivity index (χ2v) is 8.74. The molecule has 0 aliphatic heterocycles. The average molecular weight is 361 g/mol. The van der Waals surface area contributed by atoms with E-state index >= 15 is 0 Å². The molecule has 0 radical (unpaired) electrons. The smallest absolute Gasteiger partial charge is 0.254 e. The maximum atomic E-state index is 12.9. The Morgan fingerprint density at radius 2 is 1.80 bits per heavy atom. The minimum absolute atomic E-state index is 0.0579. The minimum atomic E-state index is -3.49.